The van der Waals surface area contributed by atoms with E-state index in [-0.39, 0.29) is 11.8 Å². The lowest BCUT2D eigenvalue weighted by molar-refractivity contribution is 0.0601. The molecule has 1 heterocycles. The molecule has 0 aliphatic rings. The van der Waals surface area contributed by atoms with Crippen LogP contribution in [0.4, 0.5) is 4.39 Å². The first-order valence-electron chi connectivity index (χ1n) is 6.28. The maximum atomic E-state index is 13.7. The van der Waals surface area contributed by atoms with Gasteiger partial charge in [-0.25, -0.2) is 9.18 Å². The van der Waals surface area contributed by atoms with E-state index in [4.69, 9.17) is 4.74 Å². The van der Waals surface area contributed by atoms with Gasteiger partial charge in [0.25, 0.3) is 6.01 Å². The topological polar surface area (TPSA) is 64.2 Å². The minimum Gasteiger partial charge on any atom is -0.465 e. The SMILES string of the molecule is COC(=O)c1ccc2nc(Oc3ccc(Br)cc3F)[nH]c2c1. The van der Waals surface area contributed by atoms with Gasteiger partial charge < -0.3 is 14.5 Å². The number of fused-ring (bicyclic) bond motifs is 1. The molecule has 0 fully saturated rings. The molecule has 3 rings (SSSR count). The molecule has 1 aromatic heterocycles. The molecule has 0 unspecified atom stereocenters. The van der Waals surface area contributed by atoms with E-state index in [9.17, 15) is 9.18 Å². The number of methoxy groups -OCH3 is 1. The van der Waals surface area contributed by atoms with Crippen LogP contribution in [0.15, 0.2) is 40.9 Å². The van der Waals surface area contributed by atoms with E-state index in [0.717, 1.165) is 0 Å². The molecule has 0 atom stereocenters. The van der Waals surface area contributed by atoms with Gasteiger partial charge in [-0.05, 0) is 36.4 Å². The van der Waals surface area contributed by atoms with Crippen molar-refractivity contribution in [2.75, 3.05) is 7.11 Å². The average Bonchev–Trinajstić information content (AvgIpc) is 2.90. The molecular weight excluding hydrogens is 355 g/mol. The normalized spacial score (nSPS) is 10.7. The Kier molecular flexibility index (Phi) is 3.81. The lowest BCUT2D eigenvalue weighted by Gasteiger charge is -2.03. The third kappa shape index (κ3) is 2.80. The van der Waals surface area contributed by atoms with Crippen molar-refractivity contribution in [1.82, 2.24) is 9.97 Å². The molecule has 7 heteroatoms. The van der Waals surface area contributed by atoms with Crippen LogP contribution in [-0.2, 0) is 4.74 Å². The molecule has 0 saturated heterocycles. The fraction of sp³-hybridized carbons (Fsp3) is 0.0667. The molecule has 2 aromatic carbocycles. The van der Waals surface area contributed by atoms with E-state index in [0.29, 0.717) is 21.1 Å². The van der Waals surface area contributed by atoms with Gasteiger partial charge in [-0.2, -0.15) is 4.98 Å². The van der Waals surface area contributed by atoms with Crippen LogP contribution < -0.4 is 4.74 Å². The van der Waals surface area contributed by atoms with Crippen LogP contribution in [0.25, 0.3) is 11.0 Å². The van der Waals surface area contributed by atoms with E-state index in [2.05, 4.69) is 30.6 Å². The quantitative estimate of drug-likeness (QED) is 0.712. The van der Waals surface area contributed by atoms with Crippen LogP contribution in [0, 0.1) is 5.82 Å². The first-order chi connectivity index (χ1) is 10.6. The number of nitrogens with zero attached hydrogens (tertiary/aromatic N) is 1. The van der Waals surface area contributed by atoms with Gasteiger partial charge in [-0.15, -0.1) is 0 Å². The van der Waals surface area contributed by atoms with Crippen LogP contribution in [0.1, 0.15) is 10.4 Å². The summed E-state index contributed by atoms with van der Waals surface area (Å²) in [5.74, 6) is -0.904. The number of ether oxygens (including phenoxy) is 2. The van der Waals surface area contributed by atoms with Crippen molar-refractivity contribution in [1.29, 1.82) is 0 Å². The number of hydrogen-bond donors (Lipinski definition) is 1. The van der Waals surface area contributed by atoms with Crippen LogP contribution in [0.2, 0.25) is 0 Å². The summed E-state index contributed by atoms with van der Waals surface area (Å²) in [4.78, 5) is 18.6. The van der Waals surface area contributed by atoms with E-state index >= 15 is 0 Å². The molecule has 3 aromatic rings. The number of benzene rings is 2. The Labute approximate surface area is 133 Å². The third-order valence-corrected chi connectivity index (χ3v) is 3.48. The number of hydrogen-bond acceptors (Lipinski definition) is 4. The Morgan fingerprint density at radius 1 is 1.27 bits per heavy atom. The van der Waals surface area contributed by atoms with Crippen molar-refractivity contribution in [2.24, 2.45) is 0 Å². The number of H-pyrrole nitrogens is 1. The highest BCUT2D eigenvalue weighted by molar-refractivity contribution is 9.10. The summed E-state index contributed by atoms with van der Waals surface area (Å²) in [7, 11) is 1.31. The minimum atomic E-state index is -0.509. The van der Waals surface area contributed by atoms with E-state index in [1.165, 1.54) is 19.2 Å². The smallest absolute Gasteiger partial charge is 0.337 e. The number of imidazole rings is 1. The van der Waals surface area contributed by atoms with Crippen LogP contribution in [0.5, 0.6) is 11.8 Å². The van der Waals surface area contributed by atoms with Gasteiger partial charge in [0.05, 0.1) is 23.7 Å². The molecule has 0 aliphatic carbocycles. The number of carbonyl (C=O) groups is 1. The van der Waals surface area contributed by atoms with E-state index in [1.807, 2.05) is 0 Å². The van der Waals surface area contributed by atoms with Crippen molar-refractivity contribution in [3.63, 3.8) is 0 Å². The molecule has 0 saturated carbocycles. The number of rotatable bonds is 3. The summed E-state index contributed by atoms with van der Waals surface area (Å²) in [6.45, 7) is 0. The highest BCUT2D eigenvalue weighted by Gasteiger charge is 2.11. The van der Waals surface area contributed by atoms with Crippen LogP contribution >= 0.6 is 15.9 Å². The van der Waals surface area contributed by atoms with Gasteiger partial charge in [0.1, 0.15) is 0 Å². The van der Waals surface area contributed by atoms with Crippen molar-refractivity contribution in [2.45, 2.75) is 0 Å². The molecule has 22 heavy (non-hydrogen) atoms. The largest absolute Gasteiger partial charge is 0.465 e. The lowest BCUT2D eigenvalue weighted by atomic mass is 10.2. The molecule has 0 spiro atoms. The molecule has 0 bridgehead atoms. The maximum Gasteiger partial charge on any atom is 0.337 e. The summed E-state index contributed by atoms with van der Waals surface area (Å²) in [5, 5.41) is 0. The van der Waals surface area contributed by atoms with Crippen LogP contribution in [0.3, 0.4) is 0 Å². The van der Waals surface area contributed by atoms with Gasteiger partial charge in [0, 0.05) is 4.47 Å². The minimum absolute atomic E-state index is 0.0513. The standard InChI is InChI=1S/C15H10BrFN2O3/c1-21-14(20)8-2-4-11-12(6-8)19-15(18-11)22-13-5-3-9(16)7-10(13)17/h2-7H,1H3,(H,18,19). The predicted molar refractivity (Wildman–Crippen MR) is 81.6 cm³/mol. The predicted octanol–water partition coefficient (Wildman–Crippen LogP) is 4.04. The van der Waals surface area contributed by atoms with Crippen LogP contribution in [-0.4, -0.2) is 23.0 Å². The Morgan fingerprint density at radius 2 is 2.09 bits per heavy atom. The van der Waals surface area contributed by atoms with E-state index < -0.39 is 11.8 Å². The van der Waals surface area contributed by atoms with Gasteiger partial charge in [0.15, 0.2) is 11.6 Å². The Bertz CT molecular complexity index is 863. The summed E-state index contributed by atoms with van der Waals surface area (Å²) in [5.41, 5.74) is 1.58. The number of halogens is 2. The second-order valence-corrected chi connectivity index (χ2v) is 5.36. The zero-order chi connectivity index (χ0) is 15.7. The fourth-order valence-corrected chi connectivity index (χ4v) is 2.27. The highest BCUT2D eigenvalue weighted by Crippen LogP contribution is 2.27. The third-order valence-electron chi connectivity index (χ3n) is 2.98. The maximum absolute atomic E-state index is 13.7. The number of carbonyl (C=O) groups excluding carboxylic acids is 1. The summed E-state index contributed by atoms with van der Waals surface area (Å²) in [6.07, 6.45) is 0. The second kappa shape index (κ2) is 5.76. The number of nitrogens with one attached hydrogen (secondary N) is 1. The van der Waals surface area contributed by atoms with Gasteiger partial charge in [0.2, 0.25) is 0 Å². The Balaban J connectivity index is 1.93. The second-order valence-electron chi connectivity index (χ2n) is 4.44. The number of aromatic amines is 1. The van der Waals surface area contributed by atoms with E-state index in [1.54, 1.807) is 24.3 Å². The zero-order valence-corrected chi connectivity index (χ0v) is 13.0. The first-order valence-corrected chi connectivity index (χ1v) is 7.07. The van der Waals surface area contributed by atoms with Gasteiger partial charge >= 0.3 is 5.97 Å². The number of esters is 1. The molecule has 0 aliphatic heterocycles. The summed E-state index contributed by atoms with van der Waals surface area (Å²) < 4.78 is 24.4. The highest BCUT2D eigenvalue weighted by atomic mass is 79.9. The molecule has 0 radical (unpaired) electrons. The lowest BCUT2D eigenvalue weighted by Crippen LogP contribution is -2.00. The van der Waals surface area contributed by atoms with Crippen molar-refractivity contribution in [3.05, 3.63) is 52.3 Å². The molecular formula is C15H10BrFN2O3. The molecule has 5 nitrogen and oxygen atoms in total. The molecule has 1 N–H and O–H groups in total. The zero-order valence-electron chi connectivity index (χ0n) is 11.4. The van der Waals surface area contributed by atoms with Gasteiger partial charge in [-0.3, -0.25) is 0 Å². The summed E-state index contributed by atoms with van der Waals surface area (Å²) in [6, 6.07) is 9.44. The Morgan fingerprint density at radius 3 is 2.82 bits per heavy atom. The average molecular weight is 365 g/mol. The Hall–Kier alpha value is -2.41. The summed E-state index contributed by atoms with van der Waals surface area (Å²) >= 11 is 3.18. The van der Waals surface area contributed by atoms with Crippen molar-refractivity contribution >= 4 is 32.9 Å². The van der Waals surface area contributed by atoms with Crippen molar-refractivity contribution < 1.29 is 18.7 Å². The van der Waals surface area contributed by atoms with Crippen molar-refractivity contribution in [3.8, 4) is 11.8 Å². The first kappa shape index (κ1) is 14.5. The molecule has 112 valence electrons. The van der Waals surface area contributed by atoms with Gasteiger partial charge in [-0.1, -0.05) is 15.9 Å². The number of aromatic nitrogens is 2. The molecule has 0 amide bonds. The fourth-order valence-electron chi connectivity index (χ4n) is 1.94. The monoisotopic (exact) mass is 364 g/mol.